The maximum atomic E-state index is 12.8. The monoisotopic (exact) mass is 417 g/mol. The van der Waals surface area contributed by atoms with Crippen LogP contribution >= 0.6 is 0 Å². The first-order chi connectivity index (χ1) is 13.3. The molecule has 0 aliphatic rings. The van der Waals surface area contributed by atoms with Crippen LogP contribution in [0.4, 0.5) is 22.8 Å². The molecule has 1 aromatic heterocycles. The Kier molecular flexibility index (Phi) is 6.34. The van der Waals surface area contributed by atoms with Crippen LogP contribution in [0.1, 0.15) is 44.1 Å². The molecule has 0 saturated heterocycles. The van der Waals surface area contributed by atoms with Gasteiger partial charge in [-0.05, 0) is 38.5 Å². The molecule has 2 rings (SSSR count). The first-order valence-corrected chi connectivity index (χ1v) is 8.23. The van der Waals surface area contributed by atoms with Crippen LogP contribution in [0.25, 0.3) is 0 Å². The van der Waals surface area contributed by atoms with Crippen LogP contribution in [-0.4, -0.2) is 33.1 Å². The number of ether oxygens (including phenoxy) is 2. The number of nitrogens with zero attached hydrogens (tertiary/aromatic N) is 2. The Morgan fingerprint density at radius 3 is 2.31 bits per heavy atom. The van der Waals surface area contributed by atoms with Crippen molar-refractivity contribution in [1.82, 2.24) is 15.5 Å². The minimum atomic E-state index is -4.84. The average Bonchev–Trinajstić information content (AvgIpc) is 3.04. The summed E-state index contributed by atoms with van der Waals surface area (Å²) in [7, 11) is 0. The number of carbonyl (C=O) groups is 2. The summed E-state index contributed by atoms with van der Waals surface area (Å²) in [5, 5.41) is 14.3. The Balaban J connectivity index is 2.23. The highest BCUT2D eigenvalue weighted by Gasteiger charge is 2.39. The van der Waals surface area contributed by atoms with Crippen LogP contribution in [0.2, 0.25) is 0 Å². The van der Waals surface area contributed by atoms with Crippen LogP contribution in [0, 0.1) is 0 Å². The number of aromatic nitrogens is 2. The highest BCUT2D eigenvalue weighted by atomic mass is 19.4. The van der Waals surface area contributed by atoms with Crippen molar-refractivity contribution in [3.8, 4) is 5.75 Å². The second-order valence-electron chi connectivity index (χ2n) is 6.87. The molecule has 9 nitrogen and oxygen atoms in total. The van der Waals surface area contributed by atoms with Gasteiger partial charge in [-0.3, -0.25) is 0 Å². The van der Waals surface area contributed by atoms with Crippen molar-refractivity contribution in [2.75, 3.05) is 0 Å². The zero-order chi connectivity index (χ0) is 21.8. The maximum absolute atomic E-state index is 12.8. The lowest BCUT2D eigenvalue weighted by molar-refractivity contribution is -0.159. The molecule has 0 spiro atoms. The molecule has 0 saturated carbocycles. The fraction of sp³-hybridized carbons (Fsp3) is 0.412. The number of benzene rings is 1. The van der Waals surface area contributed by atoms with Gasteiger partial charge in [0.05, 0.1) is 6.04 Å². The van der Waals surface area contributed by atoms with Crippen molar-refractivity contribution in [1.29, 1.82) is 0 Å². The van der Waals surface area contributed by atoms with Crippen molar-refractivity contribution in [2.24, 2.45) is 0 Å². The van der Waals surface area contributed by atoms with Crippen molar-refractivity contribution < 1.29 is 41.9 Å². The largest absolute Gasteiger partial charge is 0.511 e. The van der Waals surface area contributed by atoms with Gasteiger partial charge >= 0.3 is 24.3 Å². The Hall–Kier alpha value is -3.31. The van der Waals surface area contributed by atoms with Gasteiger partial charge in [0.1, 0.15) is 11.4 Å². The molecule has 2 aromatic rings. The van der Waals surface area contributed by atoms with Gasteiger partial charge < -0.3 is 24.4 Å². The van der Waals surface area contributed by atoms with Crippen molar-refractivity contribution in [3.63, 3.8) is 0 Å². The second-order valence-corrected chi connectivity index (χ2v) is 6.87. The number of carbonyl (C=O) groups excluding carboxylic acids is 1. The molecular formula is C17H18F3N3O6. The summed E-state index contributed by atoms with van der Waals surface area (Å²) in [6.45, 7) is 4.87. The van der Waals surface area contributed by atoms with Gasteiger partial charge in [0.2, 0.25) is 0 Å². The number of alkyl carbamates (subject to hydrolysis) is 1. The van der Waals surface area contributed by atoms with Gasteiger partial charge in [-0.15, -0.1) is 0 Å². The van der Waals surface area contributed by atoms with E-state index in [2.05, 4.69) is 24.7 Å². The number of rotatable bonds is 5. The lowest BCUT2D eigenvalue weighted by Gasteiger charge is -2.22. The molecule has 1 atom stereocenters. The molecule has 0 aliphatic heterocycles. The fourth-order valence-electron chi connectivity index (χ4n) is 2.18. The Bertz CT molecular complexity index is 859. The first-order valence-electron chi connectivity index (χ1n) is 8.23. The molecule has 0 fully saturated rings. The van der Waals surface area contributed by atoms with E-state index in [4.69, 9.17) is 9.84 Å². The summed E-state index contributed by atoms with van der Waals surface area (Å²) >= 11 is 0. The topological polar surface area (TPSA) is 124 Å². The summed E-state index contributed by atoms with van der Waals surface area (Å²) in [5.74, 6) is -1.89. The third-order valence-corrected chi connectivity index (χ3v) is 3.26. The summed E-state index contributed by atoms with van der Waals surface area (Å²) in [4.78, 5) is 25.9. The smallest absolute Gasteiger partial charge is 0.449 e. The summed E-state index contributed by atoms with van der Waals surface area (Å²) in [5.41, 5.74) is -0.305. The number of alkyl halides is 3. The van der Waals surface area contributed by atoms with Gasteiger partial charge in [-0.2, -0.15) is 18.2 Å². The summed E-state index contributed by atoms with van der Waals surface area (Å²) < 4.78 is 52.1. The number of amides is 1. The molecule has 1 amide bonds. The number of carboxylic acid groups (broad SMARTS) is 1. The van der Waals surface area contributed by atoms with E-state index < -0.39 is 41.8 Å². The third kappa shape index (κ3) is 6.97. The Morgan fingerprint density at radius 2 is 1.83 bits per heavy atom. The molecule has 29 heavy (non-hydrogen) atoms. The third-order valence-electron chi connectivity index (χ3n) is 3.26. The van der Waals surface area contributed by atoms with E-state index in [1.54, 1.807) is 20.8 Å². The van der Waals surface area contributed by atoms with E-state index >= 15 is 0 Å². The van der Waals surface area contributed by atoms with Crippen molar-refractivity contribution >= 4 is 12.2 Å². The van der Waals surface area contributed by atoms with Gasteiger partial charge in [0.15, 0.2) is 5.82 Å². The molecule has 158 valence electrons. The van der Waals surface area contributed by atoms with Crippen LogP contribution in [0.15, 0.2) is 28.8 Å². The van der Waals surface area contributed by atoms with E-state index in [0.717, 1.165) is 0 Å². The zero-order valence-electron chi connectivity index (χ0n) is 15.6. The van der Waals surface area contributed by atoms with Crippen molar-refractivity contribution in [3.05, 3.63) is 41.5 Å². The quantitative estimate of drug-likeness (QED) is 0.554. The Labute approximate surface area is 162 Å². The van der Waals surface area contributed by atoms with E-state index in [1.165, 1.54) is 24.3 Å². The molecule has 1 aromatic carbocycles. The standard InChI is InChI=1S/C17H18F3N3O6/c1-16(2,3)28-14(24)21-11(12-22-13(29-23-12)17(18,19)20)8-9-4-6-10(7-5-9)27-15(25)26/h4-7,11H,8H2,1-3H3,(H,21,24)(H,25,26)/t11-/m0/s1. The van der Waals surface area contributed by atoms with E-state index in [-0.39, 0.29) is 12.2 Å². The molecule has 12 heteroatoms. The SMILES string of the molecule is CC(C)(C)OC(=O)N[C@@H](Cc1ccc(OC(=O)O)cc1)c1noc(C(F)(F)F)n1. The molecule has 2 N–H and O–H groups in total. The van der Waals surface area contributed by atoms with Crippen LogP contribution < -0.4 is 10.1 Å². The molecular weight excluding hydrogens is 399 g/mol. The van der Waals surface area contributed by atoms with E-state index in [9.17, 15) is 22.8 Å². The lowest BCUT2D eigenvalue weighted by Crippen LogP contribution is -2.36. The minimum absolute atomic E-state index is 0.0244. The van der Waals surface area contributed by atoms with Crippen LogP contribution in [0.5, 0.6) is 5.75 Å². The molecule has 0 unspecified atom stereocenters. The van der Waals surface area contributed by atoms with Gasteiger partial charge in [0.25, 0.3) is 0 Å². The molecule has 0 aliphatic carbocycles. The van der Waals surface area contributed by atoms with Gasteiger partial charge in [0, 0.05) is 6.42 Å². The van der Waals surface area contributed by atoms with Crippen LogP contribution in [-0.2, 0) is 17.3 Å². The van der Waals surface area contributed by atoms with Crippen LogP contribution in [0.3, 0.4) is 0 Å². The molecule has 0 bridgehead atoms. The molecule has 0 radical (unpaired) electrons. The van der Waals surface area contributed by atoms with Gasteiger partial charge in [-0.1, -0.05) is 17.3 Å². The highest BCUT2D eigenvalue weighted by molar-refractivity contribution is 5.68. The number of nitrogens with one attached hydrogen (secondary N) is 1. The summed E-state index contributed by atoms with van der Waals surface area (Å²) in [6, 6.07) is 4.56. The van der Waals surface area contributed by atoms with E-state index in [1.807, 2.05) is 0 Å². The molecule has 1 heterocycles. The second kappa shape index (κ2) is 8.37. The van der Waals surface area contributed by atoms with Crippen molar-refractivity contribution in [2.45, 2.75) is 45.0 Å². The Morgan fingerprint density at radius 1 is 1.21 bits per heavy atom. The number of halogens is 3. The minimum Gasteiger partial charge on any atom is -0.449 e. The first kappa shape index (κ1) is 22.0. The predicted molar refractivity (Wildman–Crippen MR) is 90.2 cm³/mol. The fourth-order valence-corrected chi connectivity index (χ4v) is 2.18. The highest BCUT2D eigenvalue weighted by Crippen LogP contribution is 2.29. The van der Waals surface area contributed by atoms with Gasteiger partial charge in [-0.25, -0.2) is 9.59 Å². The average molecular weight is 417 g/mol. The van der Waals surface area contributed by atoms with E-state index in [0.29, 0.717) is 5.56 Å². The summed E-state index contributed by atoms with van der Waals surface area (Å²) in [6.07, 6.45) is -7.23. The number of hydrogen-bond donors (Lipinski definition) is 2. The maximum Gasteiger partial charge on any atom is 0.511 e. The lowest BCUT2D eigenvalue weighted by atomic mass is 10.1. The number of hydrogen-bond acceptors (Lipinski definition) is 7. The predicted octanol–water partition coefficient (Wildman–Crippen LogP) is 3.95. The normalized spacial score (nSPS) is 12.9. The zero-order valence-corrected chi connectivity index (χ0v) is 15.6.